The molecule has 0 atom stereocenters. The second-order valence-corrected chi connectivity index (χ2v) is 8.89. The van der Waals surface area contributed by atoms with Crippen LogP contribution in [-0.2, 0) is 24.3 Å². The van der Waals surface area contributed by atoms with Crippen molar-refractivity contribution in [3.63, 3.8) is 0 Å². The number of hydrogen-bond acceptors (Lipinski definition) is 8. The van der Waals surface area contributed by atoms with Crippen LogP contribution in [-0.4, -0.2) is 44.3 Å². The van der Waals surface area contributed by atoms with Crippen molar-refractivity contribution in [1.82, 2.24) is 15.6 Å². The number of non-ortho nitro benzene ring substituents is 1. The monoisotopic (exact) mass is 500 g/mol. The standard InChI is InChI=1S/C22H20N4O8S/c27-20(24-25-22(29)17-6-3-7-18(12-17)26(30)31)14-34-21(28)10-11-23-35(32,33)19-9-8-15-4-1-2-5-16(15)13-19/h1-9,12-13,23H,10-11,14H2,(H,24,27)(H,25,29). The normalized spacial score (nSPS) is 11.0. The maximum Gasteiger partial charge on any atom is 0.307 e. The largest absolute Gasteiger partial charge is 0.455 e. The van der Waals surface area contributed by atoms with Gasteiger partial charge in [-0.1, -0.05) is 36.4 Å². The van der Waals surface area contributed by atoms with E-state index in [0.29, 0.717) is 0 Å². The van der Waals surface area contributed by atoms with Gasteiger partial charge in [-0.2, -0.15) is 0 Å². The molecule has 3 N–H and O–H groups in total. The summed E-state index contributed by atoms with van der Waals surface area (Å²) in [4.78, 5) is 45.7. The highest BCUT2D eigenvalue weighted by atomic mass is 32.2. The van der Waals surface area contributed by atoms with E-state index in [4.69, 9.17) is 4.74 Å². The number of nitro benzene ring substituents is 1. The smallest absolute Gasteiger partial charge is 0.307 e. The van der Waals surface area contributed by atoms with Crippen molar-refractivity contribution in [2.45, 2.75) is 11.3 Å². The number of hydrazine groups is 1. The highest BCUT2D eigenvalue weighted by molar-refractivity contribution is 7.89. The molecule has 0 aliphatic heterocycles. The first-order valence-electron chi connectivity index (χ1n) is 10.1. The number of carbonyl (C=O) groups excluding carboxylic acids is 3. The number of rotatable bonds is 9. The number of nitrogens with zero attached hydrogens (tertiary/aromatic N) is 1. The average Bonchev–Trinajstić information content (AvgIpc) is 2.85. The van der Waals surface area contributed by atoms with Crippen molar-refractivity contribution in [2.75, 3.05) is 13.2 Å². The van der Waals surface area contributed by atoms with E-state index >= 15 is 0 Å². The van der Waals surface area contributed by atoms with Gasteiger partial charge >= 0.3 is 5.97 Å². The first-order valence-corrected chi connectivity index (χ1v) is 11.6. The molecule has 0 bridgehead atoms. The Hall–Kier alpha value is -4.36. The topological polar surface area (TPSA) is 174 Å². The summed E-state index contributed by atoms with van der Waals surface area (Å²) in [5.74, 6) is -2.52. The van der Waals surface area contributed by atoms with Crippen molar-refractivity contribution in [2.24, 2.45) is 0 Å². The van der Waals surface area contributed by atoms with Gasteiger partial charge in [-0.25, -0.2) is 13.1 Å². The number of hydrogen-bond donors (Lipinski definition) is 3. The lowest BCUT2D eigenvalue weighted by atomic mass is 10.1. The fourth-order valence-electron chi connectivity index (χ4n) is 2.92. The van der Waals surface area contributed by atoms with Crippen LogP contribution in [0.1, 0.15) is 16.8 Å². The first-order chi connectivity index (χ1) is 16.7. The molecule has 0 unspecified atom stereocenters. The van der Waals surface area contributed by atoms with Crippen LogP contribution < -0.4 is 15.6 Å². The molecule has 12 nitrogen and oxygen atoms in total. The summed E-state index contributed by atoms with van der Waals surface area (Å²) in [6.45, 7) is -0.982. The van der Waals surface area contributed by atoms with E-state index in [9.17, 15) is 32.9 Å². The molecule has 0 aromatic heterocycles. The summed E-state index contributed by atoms with van der Waals surface area (Å²) in [6.07, 6.45) is -0.333. The third-order valence-electron chi connectivity index (χ3n) is 4.65. The van der Waals surface area contributed by atoms with Gasteiger partial charge in [0.25, 0.3) is 17.5 Å². The Bertz CT molecular complexity index is 1390. The van der Waals surface area contributed by atoms with Crippen LogP contribution in [0.4, 0.5) is 5.69 Å². The zero-order chi connectivity index (χ0) is 25.4. The van der Waals surface area contributed by atoms with Crippen LogP contribution in [0.15, 0.2) is 71.6 Å². The number of benzene rings is 3. The highest BCUT2D eigenvalue weighted by Crippen LogP contribution is 2.18. The summed E-state index contributed by atoms with van der Waals surface area (Å²) < 4.78 is 31.9. The summed E-state index contributed by atoms with van der Waals surface area (Å²) in [5, 5.41) is 12.4. The third-order valence-corrected chi connectivity index (χ3v) is 6.11. The fourth-order valence-corrected chi connectivity index (χ4v) is 3.99. The molecule has 0 spiro atoms. The molecule has 2 amide bonds. The molecule has 13 heteroatoms. The zero-order valence-corrected chi connectivity index (χ0v) is 18.9. The second-order valence-electron chi connectivity index (χ2n) is 7.13. The maximum atomic E-state index is 12.4. The van der Waals surface area contributed by atoms with Gasteiger partial charge in [-0.3, -0.25) is 35.3 Å². The molecule has 0 radical (unpaired) electrons. The average molecular weight is 500 g/mol. The Labute approximate surface area is 199 Å². The van der Waals surface area contributed by atoms with Crippen LogP contribution in [0.5, 0.6) is 0 Å². The van der Waals surface area contributed by atoms with Crippen LogP contribution >= 0.6 is 0 Å². The van der Waals surface area contributed by atoms with Gasteiger partial charge in [0, 0.05) is 24.2 Å². The minimum absolute atomic E-state index is 0.0448. The zero-order valence-electron chi connectivity index (χ0n) is 18.1. The molecule has 0 fully saturated rings. The van der Waals surface area contributed by atoms with Crippen LogP contribution in [0.25, 0.3) is 10.8 Å². The van der Waals surface area contributed by atoms with Gasteiger partial charge in [-0.05, 0) is 29.0 Å². The van der Waals surface area contributed by atoms with Crippen molar-refractivity contribution in [3.8, 4) is 0 Å². The van der Waals surface area contributed by atoms with Gasteiger partial charge in [0.1, 0.15) is 0 Å². The number of fused-ring (bicyclic) bond motifs is 1. The predicted octanol–water partition coefficient (Wildman–Crippen LogP) is 1.42. The first kappa shape index (κ1) is 25.3. The van der Waals surface area contributed by atoms with Crippen molar-refractivity contribution in [3.05, 3.63) is 82.4 Å². The molecule has 35 heavy (non-hydrogen) atoms. The maximum absolute atomic E-state index is 12.4. The molecule has 0 aliphatic rings. The van der Waals surface area contributed by atoms with Crippen LogP contribution in [0, 0.1) is 10.1 Å². The molecule has 0 heterocycles. The summed E-state index contributed by atoms with van der Waals surface area (Å²) in [6, 6.07) is 16.8. The minimum Gasteiger partial charge on any atom is -0.455 e. The predicted molar refractivity (Wildman–Crippen MR) is 123 cm³/mol. The van der Waals surface area contributed by atoms with Gasteiger partial charge < -0.3 is 4.74 Å². The van der Waals surface area contributed by atoms with Crippen molar-refractivity contribution in [1.29, 1.82) is 0 Å². The van der Waals surface area contributed by atoms with E-state index < -0.39 is 39.3 Å². The van der Waals surface area contributed by atoms with E-state index in [-0.39, 0.29) is 29.1 Å². The Morgan fingerprint density at radius 2 is 1.66 bits per heavy atom. The molecule has 3 aromatic carbocycles. The third kappa shape index (κ3) is 7.06. The van der Waals surface area contributed by atoms with E-state index in [1.807, 2.05) is 23.0 Å². The summed E-state index contributed by atoms with van der Waals surface area (Å²) >= 11 is 0. The molecule has 0 saturated carbocycles. The number of nitro groups is 1. The Kier molecular flexibility index (Phi) is 8.07. The van der Waals surface area contributed by atoms with Crippen LogP contribution in [0.2, 0.25) is 0 Å². The SMILES string of the molecule is O=C(COC(=O)CCNS(=O)(=O)c1ccc2ccccc2c1)NNC(=O)c1cccc([N+](=O)[O-])c1. The molecule has 3 aromatic rings. The number of nitrogens with one attached hydrogen (secondary N) is 3. The Morgan fingerprint density at radius 1 is 0.914 bits per heavy atom. The molecular formula is C22H20N4O8S. The number of carbonyl (C=O) groups is 3. The van der Waals surface area contributed by atoms with E-state index in [0.717, 1.165) is 16.8 Å². The van der Waals surface area contributed by atoms with Gasteiger partial charge in [0.15, 0.2) is 6.61 Å². The Morgan fingerprint density at radius 3 is 2.40 bits per heavy atom. The Balaban J connectivity index is 1.40. The van der Waals surface area contributed by atoms with E-state index in [2.05, 4.69) is 4.72 Å². The minimum atomic E-state index is -3.86. The summed E-state index contributed by atoms with van der Waals surface area (Å²) in [7, 11) is -3.86. The van der Waals surface area contributed by atoms with Crippen molar-refractivity contribution < 1.29 is 32.5 Å². The number of ether oxygens (including phenoxy) is 1. The molecule has 3 rings (SSSR count). The lowest BCUT2D eigenvalue weighted by molar-refractivity contribution is -0.384. The van der Waals surface area contributed by atoms with Gasteiger partial charge in [-0.15, -0.1) is 0 Å². The molecular weight excluding hydrogens is 480 g/mol. The van der Waals surface area contributed by atoms with E-state index in [1.54, 1.807) is 18.2 Å². The quantitative estimate of drug-likeness (QED) is 0.225. The molecule has 0 aliphatic carbocycles. The molecule has 182 valence electrons. The molecule has 0 saturated heterocycles. The lowest BCUT2D eigenvalue weighted by Crippen LogP contribution is -2.43. The number of sulfonamides is 1. The number of amides is 2. The van der Waals surface area contributed by atoms with E-state index in [1.165, 1.54) is 30.3 Å². The van der Waals surface area contributed by atoms with Crippen molar-refractivity contribution >= 4 is 44.3 Å². The van der Waals surface area contributed by atoms with Gasteiger partial charge in [0.05, 0.1) is 16.2 Å². The fraction of sp³-hybridized carbons (Fsp3) is 0.136. The van der Waals surface area contributed by atoms with Crippen LogP contribution in [0.3, 0.4) is 0 Å². The second kappa shape index (κ2) is 11.2. The summed E-state index contributed by atoms with van der Waals surface area (Å²) in [5.41, 5.74) is 3.69. The van der Waals surface area contributed by atoms with Gasteiger partial charge in [0.2, 0.25) is 10.0 Å². The lowest BCUT2D eigenvalue weighted by Gasteiger charge is -2.09. The highest BCUT2D eigenvalue weighted by Gasteiger charge is 2.16. The number of esters is 1.